The molecule has 4 nitrogen and oxygen atoms in total. The van der Waals surface area contributed by atoms with Crippen LogP contribution >= 0.6 is 0 Å². The summed E-state index contributed by atoms with van der Waals surface area (Å²) in [5.41, 5.74) is 0.985. The normalized spacial score (nSPS) is 10.7. The Labute approximate surface area is 88.7 Å². The van der Waals surface area contributed by atoms with Crippen molar-refractivity contribution < 1.29 is 9.90 Å². The molecular formula is C11H14N2O2. The predicted octanol–water partition coefficient (Wildman–Crippen LogP) is 1.40. The van der Waals surface area contributed by atoms with Crippen LogP contribution in [0.15, 0.2) is 24.4 Å². The number of hydrogen-bond acceptors (Lipinski definition) is 3. The van der Waals surface area contributed by atoms with Gasteiger partial charge < -0.3 is 10.4 Å². The maximum Gasteiger partial charge on any atom is 0.337 e. The molecule has 0 aliphatic carbocycles. The molecule has 0 aliphatic heterocycles. The second kappa shape index (κ2) is 5.93. The van der Waals surface area contributed by atoms with Crippen LogP contribution in [0.25, 0.3) is 6.08 Å². The van der Waals surface area contributed by atoms with Crippen molar-refractivity contribution in [3.05, 3.63) is 35.7 Å². The van der Waals surface area contributed by atoms with E-state index in [0.29, 0.717) is 0 Å². The van der Waals surface area contributed by atoms with Gasteiger partial charge in [0.2, 0.25) is 0 Å². The van der Waals surface area contributed by atoms with Crippen LogP contribution in [0.3, 0.4) is 0 Å². The van der Waals surface area contributed by atoms with Gasteiger partial charge in [0.15, 0.2) is 0 Å². The number of pyridine rings is 1. The minimum Gasteiger partial charge on any atom is -0.478 e. The van der Waals surface area contributed by atoms with Crippen molar-refractivity contribution in [3.8, 4) is 0 Å². The maximum absolute atomic E-state index is 10.5. The molecule has 0 fully saturated rings. The molecular weight excluding hydrogens is 192 g/mol. The molecule has 0 radical (unpaired) electrons. The Bertz CT molecular complexity index is 344. The third kappa shape index (κ3) is 3.91. The van der Waals surface area contributed by atoms with Gasteiger partial charge in [-0.2, -0.15) is 0 Å². The smallest absolute Gasteiger partial charge is 0.337 e. The highest BCUT2D eigenvalue weighted by Crippen LogP contribution is 2.02. The Hall–Kier alpha value is -1.68. The van der Waals surface area contributed by atoms with E-state index in [4.69, 9.17) is 5.11 Å². The van der Waals surface area contributed by atoms with Crippen molar-refractivity contribution in [2.24, 2.45) is 0 Å². The molecule has 1 heterocycles. The van der Waals surface area contributed by atoms with Crippen molar-refractivity contribution in [2.75, 3.05) is 13.6 Å². The summed E-state index contributed by atoms with van der Waals surface area (Å²) in [5, 5.41) is 11.7. The average molecular weight is 206 g/mol. The van der Waals surface area contributed by atoms with E-state index >= 15 is 0 Å². The van der Waals surface area contributed by atoms with Gasteiger partial charge in [0, 0.05) is 6.20 Å². The summed E-state index contributed by atoms with van der Waals surface area (Å²) in [5.74, 6) is -0.951. The Kier molecular flexibility index (Phi) is 4.50. The van der Waals surface area contributed by atoms with E-state index in [1.165, 1.54) is 6.20 Å². The number of carbonyl (C=O) groups is 1. The first-order valence-electron chi connectivity index (χ1n) is 4.74. The number of aromatic nitrogens is 1. The minimum absolute atomic E-state index is 0.211. The number of carboxylic acids is 1. The summed E-state index contributed by atoms with van der Waals surface area (Å²) in [6.45, 7) is 0.920. The van der Waals surface area contributed by atoms with Gasteiger partial charge in [-0.05, 0) is 38.2 Å². The highest BCUT2D eigenvalue weighted by Gasteiger charge is 2.00. The molecule has 0 aliphatic rings. The van der Waals surface area contributed by atoms with Crippen LogP contribution < -0.4 is 5.32 Å². The zero-order valence-corrected chi connectivity index (χ0v) is 8.60. The lowest BCUT2D eigenvalue weighted by Crippen LogP contribution is -2.05. The van der Waals surface area contributed by atoms with Crippen LogP contribution in [0.2, 0.25) is 0 Å². The Morgan fingerprint density at radius 2 is 2.40 bits per heavy atom. The van der Waals surface area contributed by atoms with Crippen molar-refractivity contribution in [2.45, 2.75) is 6.42 Å². The third-order valence-corrected chi connectivity index (χ3v) is 1.88. The summed E-state index contributed by atoms with van der Waals surface area (Å²) >= 11 is 0. The Balaban J connectivity index is 2.56. The van der Waals surface area contributed by atoms with Crippen molar-refractivity contribution in [3.63, 3.8) is 0 Å². The van der Waals surface area contributed by atoms with Gasteiger partial charge in [-0.15, -0.1) is 0 Å². The van der Waals surface area contributed by atoms with Crippen molar-refractivity contribution in [1.82, 2.24) is 10.3 Å². The quantitative estimate of drug-likeness (QED) is 0.715. The van der Waals surface area contributed by atoms with E-state index in [1.54, 1.807) is 12.1 Å². The van der Waals surface area contributed by atoms with E-state index in [1.807, 2.05) is 19.2 Å². The maximum atomic E-state index is 10.5. The standard InChI is InChI=1S/C11H14N2O2/c1-12-7-3-2-4-10-6-5-9(8-13-10)11(14)15/h2,4-6,8,12H,3,7H2,1H3,(H,14,15). The van der Waals surface area contributed by atoms with E-state index in [-0.39, 0.29) is 5.56 Å². The zero-order chi connectivity index (χ0) is 11.1. The Morgan fingerprint density at radius 1 is 1.60 bits per heavy atom. The Morgan fingerprint density at radius 3 is 2.93 bits per heavy atom. The second-order valence-electron chi connectivity index (χ2n) is 3.07. The fourth-order valence-corrected chi connectivity index (χ4v) is 1.06. The van der Waals surface area contributed by atoms with E-state index in [0.717, 1.165) is 18.7 Å². The summed E-state index contributed by atoms with van der Waals surface area (Å²) in [4.78, 5) is 14.6. The first-order chi connectivity index (χ1) is 7.24. The lowest BCUT2D eigenvalue weighted by molar-refractivity contribution is 0.0696. The molecule has 1 rings (SSSR count). The molecule has 80 valence electrons. The number of carboxylic acid groups (broad SMARTS) is 1. The molecule has 0 amide bonds. The van der Waals surface area contributed by atoms with E-state index in [9.17, 15) is 4.79 Å². The van der Waals surface area contributed by atoms with Crippen LogP contribution in [0.5, 0.6) is 0 Å². The van der Waals surface area contributed by atoms with Gasteiger partial charge >= 0.3 is 5.97 Å². The third-order valence-electron chi connectivity index (χ3n) is 1.88. The van der Waals surface area contributed by atoms with Gasteiger partial charge in [0.1, 0.15) is 0 Å². The highest BCUT2D eigenvalue weighted by molar-refractivity contribution is 5.87. The first kappa shape index (κ1) is 11.4. The fraction of sp³-hybridized carbons (Fsp3) is 0.273. The molecule has 0 bridgehead atoms. The first-order valence-corrected chi connectivity index (χ1v) is 4.74. The van der Waals surface area contributed by atoms with Crippen LogP contribution in [-0.2, 0) is 0 Å². The van der Waals surface area contributed by atoms with Gasteiger partial charge in [-0.3, -0.25) is 4.98 Å². The highest BCUT2D eigenvalue weighted by atomic mass is 16.4. The van der Waals surface area contributed by atoms with Crippen molar-refractivity contribution in [1.29, 1.82) is 0 Å². The summed E-state index contributed by atoms with van der Waals surface area (Å²) in [7, 11) is 1.90. The van der Waals surface area contributed by atoms with Gasteiger partial charge in [0.25, 0.3) is 0 Å². The van der Waals surface area contributed by atoms with Gasteiger partial charge in [0.05, 0.1) is 11.3 Å². The zero-order valence-electron chi connectivity index (χ0n) is 8.60. The molecule has 0 atom stereocenters. The molecule has 0 saturated heterocycles. The SMILES string of the molecule is CNCCC=Cc1ccc(C(=O)O)cn1. The largest absolute Gasteiger partial charge is 0.478 e. The van der Waals surface area contributed by atoms with Crippen molar-refractivity contribution >= 4 is 12.0 Å². The van der Waals surface area contributed by atoms with Crippen LogP contribution in [0.1, 0.15) is 22.5 Å². The number of nitrogens with one attached hydrogen (secondary N) is 1. The molecule has 2 N–H and O–H groups in total. The van der Waals surface area contributed by atoms with E-state index in [2.05, 4.69) is 10.3 Å². The topological polar surface area (TPSA) is 62.2 Å². The minimum atomic E-state index is -0.951. The predicted molar refractivity (Wildman–Crippen MR) is 58.8 cm³/mol. The molecule has 15 heavy (non-hydrogen) atoms. The number of rotatable bonds is 5. The summed E-state index contributed by atoms with van der Waals surface area (Å²) < 4.78 is 0. The molecule has 0 saturated carbocycles. The van der Waals surface area contributed by atoms with Crippen LogP contribution in [0, 0.1) is 0 Å². The van der Waals surface area contributed by atoms with Crippen LogP contribution in [-0.4, -0.2) is 29.7 Å². The average Bonchev–Trinajstić information content (AvgIpc) is 2.25. The second-order valence-corrected chi connectivity index (χ2v) is 3.07. The summed E-state index contributed by atoms with van der Waals surface area (Å²) in [6, 6.07) is 3.24. The van der Waals surface area contributed by atoms with Crippen LogP contribution in [0.4, 0.5) is 0 Å². The molecule has 0 unspecified atom stereocenters. The molecule has 0 aromatic carbocycles. The van der Waals surface area contributed by atoms with Gasteiger partial charge in [-0.1, -0.05) is 6.08 Å². The van der Waals surface area contributed by atoms with E-state index < -0.39 is 5.97 Å². The number of nitrogens with zero attached hydrogens (tertiary/aromatic N) is 1. The molecule has 4 heteroatoms. The molecule has 1 aromatic rings. The monoisotopic (exact) mass is 206 g/mol. The summed E-state index contributed by atoms with van der Waals surface area (Å²) in [6.07, 6.45) is 6.17. The van der Waals surface area contributed by atoms with Gasteiger partial charge in [-0.25, -0.2) is 4.79 Å². The lowest BCUT2D eigenvalue weighted by atomic mass is 10.2. The lowest BCUT2D eigenvalue weighted by Gasteiger charge is -1.95. The number of aromatic carboxylic acids is 1. The fourth-order valence-electron chi connectivity index (χ4n) is 1.06. The molecule has 0 spiro atoms. The molecule has 1 aromatic heterocycles. The number of hydrogen-bond donors (Lipinski definition) is 2.